The van der Waals surface area contributed by atoms with Crippen LogP contribution in [0.5, 0.6) is 0 Å². The first-order chi connectivity index (χ1) is 8.50. The van der Waals surface area contributed by atoms with E-state index < -0.39 is 0 Å². The quantitative estimate of drug-likeness (QED) is 0.763. The number of unbranched alkanes of at least 4 members (excludes halogenated alkanes) is 1. The summed E-state index contributed by atoms with van der Waals surface area (Å²) in [6.07, 6.45) is 3.97. The third-order valence-electron chi connectivity index (χ3n) is 2.92. The van der Waals surface area contributed by atoms with Crippen molar-refractivity contribution >= 4 is 33.3 Å². The first-order valence-electron chi connectivity index (χ1n) is 6.26. The van der Waals surface area contributed by atoms with Crippen molar-refractivity contribution in [2.45, 2.75) is 32.7 Å². The lowest BCUT2D eigenvalue weighted by atomic mass is 10.2. The largest absolute Gasteiger partial charge is 0.369 e. The molecule has 0 aromatic carbocycles. The van der Waals surface area contributed by atoms with Gasteiger partial charge in [-0.15, -0.1) is 0 Å². The summed E-state index contributed by atoms with van der Waals surface area (Å²) in [6, 6.07) is 2.47. The van der Waals surface area contributed by atoms with Crippen molar-refractivity contribution < 1.29 is 0 Å². The van der Waals surface area contributed by atoms with Crippen LogP contribution in [0, 0.1) is 0 Å². The third kappa shape index (κ3) is 5.55. The van der Waals surface area contributed by atoms with Crippen LogP contribution in [0.25, 0.3) is 0 Å². The minimum atomic E-state index is 0.616. The van der Waals surface area contributed by atoms with Crippen LogP contribution < -0.4 is 5.32 Å². The van der Waals surface area contributed by atoms with Crippen molar-refractivity contribution in [1.82, 2.24) is 9.88 Å². The molecule has 0 unspecified atom stereocenters. The van der Waals surface area contributed by atoms with Crippen LogP contribution >= 0.6 is 27.5 Å². The Morgan fingerprint density at radius 1 is 1.44 bits per heavy atom. The van der Waals surface area contributed by atoms with Crippen LogP contribution in [-0.4, -0.2) is 36.1 Å². The lowest BCUT2D eigenvalue weighted by molar-refractivity contribution is 0.269. The molecular weight excluding hydrogens is 314 g/mol. The van der Waals surface area contributed by atoms with Gasteiger partial charge in [-0.3, -0.25) is 0 Å². The number of pyridine rings is 1. The fourth-order valence-electron chi connectivity index (χ4n) is 1.50. The van der Waals surface area contributed by atoms with Crippen LogP contribution in [0.2, 0.25) is 5.02 Å². The molecule has 1 N–H and O–H groups in total. The predicted octanol–water partition coefficient (Wildman–Crippen LogP) is 4.03. The first kappa shape index (κ1) is 15.7. The summed E-state index contributed by atoms with van der Waals surface area (Å²) in [4.78, 5) is 6.60. The number of halogens is 2. The van der Waals surface area contributed by atoms with Gasteiger partial charge in [0.05, 0.1) is 9.50 Å². The highest BCUT2D eigenvalue weighted by molar-refractivity contribution is 9.10. The molecule has 0 aliphatic heterocycles. The van der Waals surface area contributed by atoms with E-state index in [4.69, 9.17) is 11.6 Å². The number of hydrogen-bond acceptors (Lipinski definition) is 3. The Morgan fingerprint density at radius 3 is 2.78 bits per heavy atom. The van der Waals surface area contributed by atoms with E-state index >= 15 is 0 Å². The maximum absolute atomic E-state index is 5.84. The molecule has 0 radical (unpaired) electrons. The molecule has 0 saturated heterocycles. The molecule has 102 valence electrons. The second-order valence-electron chi connectivity index (χ2n) is 4.69. The van der Waals surface area contributed by atoms with E-state index in [9.17, 15) is 0 Å². The fraction of sp³-hybridized carbons (Fsp3) is 0.615. The normalized spacial score (nSPS) is 11.3. The van der Waals surface area contributed by atoms with Crippen molar-refractivity contribution in [2.24, 2.45) is 0 Å². The smallest absolute Gasteiger partial charge is 0.140 e. The Bertz CT molecular complexity index is 371. The Labute approximate surface area is 123 Å². The van der Waals surface area contributed by atoms with Crippen molar-refractivity contribution in [3.8, 4) is 0 Å². The zero-order valence-corrected chi connectivity index (χ0v) is 13.6. The molecule has 0 fully saturated rings. The second-order valence-corrected chi connectivity index (χ2v) is 5.98. The van der Waals surface area contributed by atoms with Crippen LogP contribution in [0.4, 0.5) is 5.82 Å². The number of anilines is 1. The Kier molecular flexibility index (Phi) is 6.97. The molecule has 0 atom stereocenters. The number of hydrogen-bond donors (Lipinski definition) is 1. The Hall–Kier alpha value is -0.320. The van der Waals surface area contributed by atoms with Crippen LogP contribution in [0.15, 0.2) is 16.7 Å². The van der Waals surface area contributed by atoms with Crippen LogP contribution in [-0.2, 0) is 0 Å². The highest BCUT2D eigenvalue weighted by atomic mass is 79.9. The van der Waals surface area contributed by atoms with Gasteiger partial charge in [0, 0.05) is 18.8 Å². The topological polar surface area (TPSA) is 28.2 Å². The van der Waals surface area contributed by atoms with Crippen molar-refractivity contribution in [3.05, 3.63) is 21.8 Å². The summed E-state index contributed by atoms with van der Waals surface area (Å²) in [5.74, 6) is 0.858. The standard InChI is InChI=1S/C13H21BrClN3/c1-10(2)18(3)7-5-4-6-16-13-12(14)8-11(15)9-17-13/h8-10H,4-7H2,1-3H3,(H,16,17). The van der Waals surface area contributed by atoms with Crippen LogP contribution in [0.3, 0.4) is 0 Å². The lowest BCUT2D eigenvalue weighted by Crippen LogP contribution is -2.27. The predicted molar refractivity (Wildman–Crippen MR) is 82.4 cm³/mol. The SMILES string of the molecule is CC(C)N(C)CCCCNc1ncc(Cl)cc1Br. The molecule has 1 rings (SSSR count). The van der Waals surface area contributed by atoms with Gasteiger partial charge in [-0.1, -0.05) is 11.6 Å². The molecule has 0 spiro atoms. The number of aromatic nitrogens is 1. The molecule has 0 bridgehead atoms. The highest BCUT2D eigenvalue weighted by Gasteiger charge is 2.03. The average Bonchev–Trinajstić information content (AvgIpc) is 2.30. The van der Waals surface area contributed by atoms with Crippen molar-refractivity contribution in [3.63, 3.8) is 0 Å². The van der Waals surface area contributed by atoms with E-state index in [1.165, 1.54) is 6.42 Å². The first-order valence-corrected chi connectivity index (χ1v) is 7.43. The van der Waals surface area contributed by atoms with E-state index in [1.807, 2.05) is 6.07 Å². The maximum Gasteiger partial charge on any atom is 0.140 e. The number of rotatable bonds is 7. The summed E-state index contributed by atoms with van der Waals surface area (Å²) in [6.45, 7) is 6.49. The molecule has 1 heterocycles. The Balaban J connectivity index is 2.22. The van der Waals surface area contributed by atoms with Gasteiger partial charge in [-0.25, -0.2) is 4.98 Å². The number of nitrogens with zero attached hydrogens (tertiary/aromatic N) is 2. The van der Waals surface area contributed by atoms with E-state index in [0.29, 0.717) is 11.1 Å². The zero-order chi connectivity index (χ0) is 13.5. The fourth-order valence-corrected chi connectivity index (χ4v) is 2.27. The summed E-state index contributed by atoms with van der Waals surface area (Å²) >= 11 is 9.28. The summed E-state index contributed by atoms with van der Waals surface area (Å²) in [5.41, 5.74) is 0. The summed E-state index contributed by atoms with van der Waals surface area (Å²) in [7, 11) is 2.16. The average molecular weight is 335 g/mol. The summed E-state index contributed by atoms with van der Waals surface area (Å²) in [5, 5.41) is 3.95. The molecule has 0 amide bonds. The molecule has 1 aromatic rings. The van der Waals surface area contributed by atoms with Gasteiger partial charge >= 0.3 is 0 Å². The minimum Gasteiger partial charge on any atom is -0.369 e. The van der Waals surface area contributed by atoms with E-state index in [0.717, 1.165) is 29.8 Å². The molecular formula is C13H21BrClN3. The second kappa shape index (κ2) is 7.97. The lowest BCUT2D eigenvalue weighted by Gasteiger charge is -2.20. The zero-order valence-electron chi connectivity index (χ0n) is 11.2. The van der Waals surface area contributed by atoms with Crippen LogP contribution in [0.1, 0.15) is 26.7 Å². The molecule has 0 aliphatic rings. The molecule has 0 saturated carbocycles. The minimum absolute atomic E-state index is 0.616. The molecule has 18 heavy (non-hydrogen) atoms. The van der Waals surface area contributed by atoms with Gasteiger partial charge in [0.1, 0.15) is 5.82 Å². The molecule has 1 aromatic heterocycles. The van der Waals surface area contributed by atoms with Gasteiger partial charge in [0.15, 0.2) is 0 Å². The monoisotopic (exact) mass is 333 g/mol. The molecule has 3 nitrogen and oxygen atoms in total. The maximum atomic E-state index is 5.84. The molecule has 5 heteroatoms. The Morgan fingerprint density at radius 2 is 2.17 bits per heavy atom. The highest BCUT2D eigenvalue weighted by Crippen LogP contribution is 2.22. The van der Waals surface area contributed by atoms with Gasteiger partial charge in [0.25, 0.3) is 0 Å². The number of nitrogens with one attached hydrogen (secondary N) is 1. The van der Waals surface area contributed by atoms with E-state index in [2.05, 4.69) is 52.0 Å². The van der Waals surface area contributed by atoms with Crippen molar-refractivity contribution in [1.29, 1.82) is 0 Å². The summed E-state index contributed by atoms with van der Waals surface area (Å²) < 4.78 is 0.911. The molecule has 0 aliphatic carbocycles. The van der Waals surface area contributed by atoms with Crippen molar-refractivity contribution in [2.75, 3.05) is 25.5 Å². The van der Waals surface area contributed by atoms with Gasteiger partial charge in [-0.05, 0) is 62.3 Å². The van der Waals surface area contributed by atoms with Gasteiger partial charge < -0.3 is 10.2 Å². The van der Waals surface area contributed by atoms with Gasteiger partial charge in [-0.2, -0.15) is 0 Å². The van der Waals surface area contributed by atoms with E-state index in [1.54, 1.807) is 6.20 Å². The van der Waals surface area contributed by atoms with E-state index in [-0.39, 0.29) is 0 Å². The third-order valence-corrected chi connectivity index (χ3v) is 3.73. The van der Waals surface area contributed by atoms with Gasteiger partial charge in [0.2, 0.25) is 0 Å².